The lowest BCUT2D eigenvalue weighted by Gasteiger charge is -2.15. The Kier molecular flexibility index (Phi) is 2.96. The zero-order valence-electron chi connectivity index (χ0n) is 7.81. The maximum atomic E-state index is 5.56. The van der Waals surface area contributed by atoms with Crippen molar-refractivity contribution in [1.29, 1.82) is 0 Å². The first-order valence-corrected chi connectivity index (χ1v) is 4.53. The molecular formula is C8H18BNO. The van der Waals surface area contributed by atoms with E-state index in [4.69, 9.17) is 4.65 Å². The topological polar surface area (TPSA) is 21.3 Å². The monoisotopic (exact) mass is 155 g/mol. The van der Waals surface area contributed by atoms with E-state index in [-0.39, 0.29) is 5.54 Å². The number of hydrogen-bond donors (Lipinski definition) is 1. The van der Waals surface area contributed by atoms with Crippen LogP contribution < -0.4 is 5.23 Å². The molecule has 1 aliphatic heterocycles. The van der Waals surface area contributed by atoms with Crippen LogP contribution in [0.1, 0.15) is 33.6 Å². The highest BCUT2D eigenvalue weighted by Crippen LogP contribution is 2.15. The summed E-state index contributed by atoms with van der Waals surface area (Å²) in [6, 6.07) is 0. The van der Waals surface area contributed by atoms with Crippen LogP contribution in [-0.4, -0.2) is 19.2 Å². The van der Waals surface area contributed by atoms with Gasteiger partial charge in [0.25, 0.3) is 0 Å². The van der Waals surface area contributed by atoms with Crippen molar-refractivity contribution in [2.24, 2.45) is 0 Å². The van der Waals surface area contributed by atoms with Crippen molar-refractivity contribution >= 4 is 7.05 Å². The minimum atomic E-state index is 0.193. The molecule has 1 fully saturated rings. The lowest BCUT2D eigenvalue weighted by atomic mass is 9.76. The fraction of sp³-hybridized carbons (Fsp3) is 1.00. The molecule has 0 atom stereocenters. The maximum Gasteiger partial charge on any atom is 0.380 e. The molecule has 0 radical (unpaired) electrons. The van der Waals surface area contributed by atoms with Crippen LogP contribution in [0, 0.1) is 0 Å². The van der Waals surface area contributed by atoms with Crippen molar-refractivity contribution in [3.05, 3.63) is 0 Å². The zero-order valence-corrected chi connectivity index (χ0v) is 7.81. The van der Waals surface area contributed by atoms with Gasteiger partial charge < -0.3 is 9.88 Å². The van der Waals surface area contributed by atoms with E-state index in [0.717, 1.165) is 12.9 Å². The van der Waals surface area contributed by atoms with E-state index in [1.807, 2.05) is 0 Å². The molecule has 0 aromatic rings. The van der Waals surface area contributed by atoms with Crippen LogP contribution in [0.3, 0.4) is 0 Å². The van der Waals surface area contributed by atoms with E-state index in [9.17, 15) is 0 Å². The summed E-state index contributed by atoms with van der Waals surface area (Å²) in [5, 5.41) is 3.44. The lowest BCUT2D eigenvalue weighted by molar-refractivity contribution is 0.296. The van der Waals surface area contributed by atoms with Gasteiger partial charge in [-0.3, -0.25) is 0 Å². The van der Waals surface area contributed by atoms with Crippen molar-refractivity contribution in [3.63, 3.8) is 0 Å². The second-order valence-electron chi connectivity index (χ2n) is 3.97. The third-order valence-electron chi connectivity index (χ3n) is 2.02. The summed E-state index contributed by atoms with van der Waals surface area (Å²) < 4.78 is 5.56. The molecule has 2 nitrogen and oxygen atoms in total. The molecule has 0 aliphatic carbocycles. The van der Waals surface area contributed by atoms with Crippen molar-refractivity contribution < 1.29 is 4.65 Å². The molecular weight excluding hydrogens is 137 g/mol. The highest BCUT2D eigenvalue weighted by molar-refractivity contribution is 6.49. The van der Waals surface area contributed by atoms with E-state index in [0.29, 0.717) is 7.05 Å². The first kappa shape index (κ1) is 9.08. The number of hydrogen-bond acceptors (Lipinski definition) is 2. The highest BCUT2D eigenvalue weighted by atomic mass is 16.5. The molecule has 0 amide bonds. The highest BCUT2D eigenvalue weighted by Gasteiger charge is 2.33. The van der Waals surface area contributed by atoms with Crippen molar-refractivity contribution in [2.75, 3.05) is 6.61 Å². The molecule has 64 valence electrons. The minimum absolute atomic E-state index is 0.193. The predicted molar refractivity (Wildman–Crippen MR) is 48.6 cm³/mol. The van der Waals surface area contributed by atoms with Crippen LogP contribution in [0.4, 0.5) is 0 Å². The summed E-state index contributed by atoms with van der Waals surface area (Å²) in [7, 11) is 0.310. The Morgan fingerprint density at radius 2 is 2.27 bits per heavy atom. The fourth-order valence-electron chi connectivity index (χ4n) is 1.37. The van der Waals surface area contributed by atoms with Gasteiger partial charge in [-0.25, -0.2) is 0 Å². The molecule has 1 aliphatic rings. The minimum Gasteiger partial charge on any atom is -0.420 e. The first-order chi connectivity index (χ1) is 5.14. The first-order valence-electron chi connectivity index (χ1n) is 4.53. The predicted octanol–water partition coefficient (Wildman–Crippen LogP) is 1.67. The Morgan fingerprint density at radius 1 is 1.55 bits per heavy atom. The summed E-state index contributed by atoms with van der Waals surface area (Å²) in [6.45, 7) is 7.42. The second kappa shape index (κ2) is 3.59. The van der Waals surface area contributed by atoms with Crippen molar-refractivity contribution in [1.82, 2.24) is 5.23 Å². The van der Waals surface area contributed by atoms with E-state index in [1.165, 1.54) is 12.8 Å². The van der Waals surface area contributed by atoms with Gasteiger partial charge in [0.05, 0.1) is 0 Å². The van der Waals surface area contributed by atoms with Crippen LogP contribution in [-0.2, 0) is 4.65 Å². The molecule has 1 saturated heterocycles. The molecule has 0 aromatic heterocycles. The Balaban J connectivity index is 2.20. The van der Waals surface area contributed by atoms with Gasteiger partial charge in [0.15, 0.2) is 0 Å². The van der Waals surface area contributed by atoms with E-state index in [1.54, 1.807) is 0 Å². The molecule has 1 N–H and O–H groups in total. The summed E-state index contributed by atoms with van der Waals surface area (Å²) >= 11 is 0. The van der Waals surface area contributed by atoms with Gasteiger partial charge in [0.2, 0.25) is 0 Å². The molecule has 3 heteroatoms. The van der Waals surface area contributed by atoms with Gasteiger partial charge in [-0.05, 0) is 20.2 Å². The standard InChI is InChI=1S/C8H18BNO/c1-4-5-6-9-10-8(2,3)7-11-9/h10H,4-7H2,1-3H3. The SMILES string of the molecule is CCCCB1NC(C)(C)CO1. The molecule has 0 spiro atoms. The molecule has 0 bridgehead atoms. The van der Waals surface area contributed by atoms with Crippen LogP contribution in [0.5, 0.6) is 0 Å². The average Bonchev–Trinajstić information content (AvgIpc) is 2.26. The van der Waals surface area contributed by atoms with E-state index >= 15 is 0 Å². The Labute approximate surface area is 69.8 Å². The molecule has 11 heavy (non-hydrogen) atoms. The average molecular weight is 155 g/mol. The third-order valence-corrected chi connectivity index (χ3v) is 2.02. The molecule has 0 unspecified atom stereocenters. The second-order valence-corrected chi connectivity index (χ2v) is 3.97. The summed E-state index contributed by atoms with van der Waals surface area (Å²) in [5.74, 6) is 0. The van der Waals surface area contributed by atoms with E-state index < -0.39 is 0 Å². The van der Waals surface area contributed by atoms with Crippen LogP contribution in [0.25, 0.3) is 0 Å². The lowest BCUT2D eigenvalue weighted by Crippen LogP contribution is -2.41. The van der Waals surface area contributed by atoms with Gasteiger partial charge in [0, 0.05) is 12.1 Å². The maximum absolute atomic E-state index is 5.56. The van der Waals surface area contributed by atoms with Gasteiger partial charge in [-0.15, -0.1) is 0 Å². The largest absolute Gasteiger partial charge is 0.420 e. The normalized spacial score (nSPS) is 22.6. The van der Waals surface area contributed by atoms with Crippen LogP contribution in [0.2, 0.25) is 6.32 Å². The summed E-state index contributed by atoms with van der Waals surface area (Å²) in [6.07, 6.45) is 3.66. The van der Waals surface area contributed by atoms with Crippen molar-refractivity contribution in [3.8, 4) is 0 Å². The van der Waals surface area contributed by atoms with E-state index in [2.05, 4.69) is 26.0 Å². The summed E-state index contributed by atoms with van der Waals surface area (Å²) in [5.41, 5.74) is 0.193. The number of nitrogens with one attached hydrogen (secondary N) is 1. The Bertz CT molecular complexity index is 127. The quantitative estimate of drug-likeness (QED) is 0.626. The van der Waals surface area contributed by atoms with Gasteiger partial charge in [-0.1, -0.05) is 19.8 Å². The van der Waals surface area contributed by atoms with Gasteiger partial charge in [-0.2, -0.15) is 0 Å². The van der Waals surface area contributed by atoms with Crippen molar-refractivity contribution in [2.45, 2.75) is 45.5 Å². The van der Waals surface area contributed by atoms with Gasteiger partial charge in [0.1, 0.15) is 0 Å². The van der Waals surface area contributed by atoms with Crippen LogP contribution in [0.15, 0.2) is 0 Å². The Morgan fingerprint density at radius 3 is 2.73 bits per heavy atom. The third kappa shape index (κ3) is 2.84. The molecule has 0 aromatic carbocycles. The zero-order chi connectivity index (χ0) is 8.32. The Hall–Kier alpha value is -0.0151. The number of rotatable bonds is 3. The smallest absolute Gasteiger partial charge is 0.380 e. The molecule has 0 saturated carbocycles. The molecule has 1 heterocycles. The summed E-state index contributed by atoms with van der Waals surface area (Å²) in [4.78, 5) is 0. The number of unbranched alkanes of at least 4 members (excludes halogenated alkanes) is 1. The van der Waals surface area contributed by atoms with Crippen LogP contribution >= 0.6 is 0 Å². The van der Waals surface area contributed by atoms with Gasteiger partial charge >= 0.3 is 7.05 Å². The molecule has 1 rings (SSSR count). The fourth-order valence-corrected chi connectivity index (χ4v) is 1.37.